The van der Waals surface area contributed by atoms with Crippen LogP contribution in [0, 0.1) is 5.92 Å². The number of pyridine rings is 2. The molecular weight excluding hydrogens is 560 g/mol. The molecule has 1 atom stereocenters. The summed E-state index contributed by atoms with van der Waals surface area (Å²) in [5, 5.41) is 0. The zero-order valence-electron chi connectivity index (χ0n) is 27.7. The second kappa shape index (κ2) is 16.0. The zero-order chi connectivity index (χ0) is 32.3. The van der Waals surface area contributed by atoms with Crippen molar-refractivity contribution >= 4 is 18.3 Å². The summed E-state index contributed by atoms with van der Waals surface area (Å²) in [7, 11) is 3.50. The average Bonchev–Trinajstić information content (AvgIpc) is 3.64. The number of amides is 2. The molecule has 2 aliphatic heterocycles. The van der Waals surface area contributed by atoms with Crippen molar-refractivity contribution < 1.29 is 28.5 Å². The summed E-state index contributed by atoms with van der Waals surface area (Å²) >= 11 is 0. The van der Waals surface area contributed by atoms with Crippen molar-refractivity contribution in [3.8, 4) is 0 Å². The topological polar surface area (TPSA) is 103 Å². The van der Waals surface area contributed by atoms with E-state index in [0.29, 0.717) is 25.6 Å². The summed E-state index contributed by atoms with van der Waals surface area (Å²) in [6.07, 6.45) is 11.7. The Balaban J connectivity index is 0.000000240. The molecular formula is C34H50N4O6. The van der Waals surface area contributed by atoms with E-state index < -0.39 is 11.2 Å². The van der Waals surface area contributed by atoms with E-state index in [1.165, 1.54) is 11.1 Å². The molecule has 4 rings (SSSR count). The van der Waals surface area contributed by atoms with Crippen LogP contribution in [0.5, 0.6) is 0 Å². The molecule has 0 aromatic carbocycles. The summed E-state index contributed by atoms with van der Waals surface area (Å²) in [5.74, 6) is 0.551. The van der Waals surface area contributed by atoms with E-state index in [-0.39, 0.29) is 12.2 Å². The first kappa shape index (κ1) is 35.0. The van der Waals surface area contributed by atoms with Crippen LogP contribution < -0.4 is 0 Å². The maximum atomic E-state index is 12.1. The first-order valence-electron chi connectivity index (χ1n) is 15.3. The normalized spacial score (nSPS) is 17.5. The van der Waals surface area contributed by atoms with Gasteiger partial charge < -0.3 is 28.7 Å². The molecule has 242 valence electrons. The van der Waals surface area contributed by atoms with Crippen LogP contribution in [0.2, 0.25) is 0 Å². The number of rotatable bonds is 7. The molecule has 0 spiro atoms. The molecule has 2 aromatic heterocycles. The lowest BCUT2D eigenvalue weighted by Gasteiger charge is -2.25. The first-order chi connectivity index (χ1) is 20.7. The molecule has 2 amide bonds. The van der Waals surface area contributed by atoms with Crippen molar-refractivity contribution in [1.29, 1.82) is 0 Å². The van der Waals surface area contributed by atoms with Crippen LogP contribution in [-0.2, 0) is 38.5 Å². The van der Waals surface area contributed by atoms with Gasteiger partial charge in [0.15, 0.2) is 0 Å². The molecule has 10 nitrogen and oxygen atoms in total. The number of carbonyl (C=O) groups excluding carboxylic acids is 2. The van der Waals surface area contributed by atoms with E-state index in [0.717, 1.165) is 55.8 Å². The Kier molecular flexibility index (Phi) is 12.7. The molecule has 10 heteroatoms. The Morgan fingerprint density at radius 1 is 0.864 bits per heavy atom. The van der Waals surface area contributed by atoms with Gasteiger partial charge in [0.05, 0.1) is 13.2 Å². The number of hydrogen-bond acceptors (Lipinski definition) is 8. The van der Waals surface area contributed by atoms with Crippen molar-refractivity contribution in [2.75, 3.05) is 40.5 Å². The standard InChI is InChI=1S/C17H26N2O3.C17H24N2O3/c2*1-17(2,3)22-16(20)19(4)11-14-5-7-18-10-15(14)9-13-6-8-21-12-13/h5,7,10,13H,6,8-9,11-12H2,1-4H3;5,7,9-10H,6,8,11-12H2,1-4H3/b;13-9+. The fraction of sp³-hybridized carbons (Fsp3) is 0.588. The van der Waals surface area contributed by atoms with E-state index in [4.69, 9.17) is 18.9 Å². The Labute approximate surface area is 262 Å². The molecule has 0 aliphatic carbocycles. The molecule has 44 heavy (non-hydrogen) atoms. The quantitative estimate of drug-likeness (QED) is 0.361. The molecule has 0 bridgehead atoms. The van der Waals surface area contributed by atoms with E-state index in [2.05, 4.69) is 16.0 Å². The van der Waals surface area contributed by atoms with Gasteiger partial charge in [-0.3, -0.25) is 9.97 Å². The van der Waals surface area contributed by atoms with Crippen LogP contribution in [-0.4, -0.2) is 83.7 Å². The van der Waals surface area contributed by atoms with Gasteiger partial charge in [0, 0.05) is 65.2 Å². The monoisotopic (exact) mass is 610 g/mol. The van der Waals surface area contributed by atoms with E-state index in [1.54, 1.807) is 36.3 Å². The molecule has 0 N–H and O–H groups in total. The highest BCUT2D eigenvalue weighted by Gasteiger charge is 2.23. The number of ether oxygens (including phenoxy) is 4. The third-order valence-electron chi connectivity index (χ3n) is 6.92. The fourth-order valence-corrected chi connectivity index (χ4v) is 4.69. The second-order valence-electron chi connectivity index (χ2n) is 13.4. The van der Waals surface area contributed by atoms with Crippen LogP contribution in [0.25, 0.3) is 6.08 Å². The van der Waals surface area contributed by atoms with Crippen molar-refractivity contribution in [2.45, 2.75) is 85.1 Å². The summed E-state index contributed by atoms with van der Waals surface area (Å²) < 4.78 is 21.6. The van der Waals surface area contributed by atoms with Gasteiger partial charge in [-0.1, -0.05) is 6.08 Å². The summed E-state index contributed by atoms with van der Waals surface area (Å²) in [6.45, 7) is 15.3. The zero-order valence-corrected chi connectivity index (χ0v) is 27.7. The summed E-state index contributed by atoms with van der Waals surface area (Å²) in [4.78, 5) is 35.7. The van der Waals surface area contributed by atoms with Crippen LogP contribution in [0.4, 0.5) is 9.59 Å². The molecule has 4 heterocycles. The molecule has 0 saturated carbocycles. The minimum absolute atomic E-state index is 0.306. The van der Waals surface area contributed by atoms with Crippen molar-refractivity contribution in [2.24, 2.45) is 5.92 Å². The first-order valence-corrected chi connectivity index (χ1v) is 15.3. The van der Waals surface area contributed by atoms with Gasteiger partial charge >= 0.3 is 12.2 Å². The maximum absolute atomic E-state index is 12.1. The SMILES string of the molecule is CN(Cc1ccncc1/C=C1\CCOC1)C(=O)OC(C)(C)C.CN(Cc1ccncc1CC1CCOC1)C(=O)OC(C)(C)C. The van der Waals surface area contributed by atoms with E-state index in [9.17, 15) is 9.59 Å². The fourth-order valence-electron chi connectivity index (χ4n) is 4.69. The highest BCUT2D eigenvalue weighted by Crippen LogP contribution is 2.22. The van der Waals surface area contributed by atoms with Gasteiger partial charge in [-0.25, -0.2) is 9.59 Å². The van der Waals surface area contributed by atoms with Crippen LogP contribution in [0.3, 0.4) is 0 Å². The van der Waals surface area contributed by atoms with Crippen LogP contribution in [0.1, 0.15) is 76.6 Å². The van der Waals surface area contributed by atoms with E-state index in [1.807, 2.05) is 66.1 Å². The summed E-state index contributed by atoms with van der Waals surface area (Å²) in [5.41, 5.74) is 4.67. The van der Waals surface area contributed by atoms with Gasteiger partial charge in [0.25, 0.3) is 0 Å². The predicted molar refractivity (Wildman–Crippen MR) is 170 cm³/mol. The highest BCUT2D eigenvalue weighted by atomic mass is 16.6. The Morgan fingerprint density at radius 2 is 1.45 bits per heavy atom. The number of hydrogen-bond donors (Lipinski definition) is 0. The van der Waals surface area contributed by atoms with Gasteiger partial charge in [0.2, 0.25) is 0 Å². The van der Waals surface area contributed by atoms with Crippen molar-refractivity contribution in [3.05, 3.63) is 64.7 Å². The van der Waals surface area contributed by atoms with Crippen molar-refractivity contribution in [1.82, 2.24) is 19.8 Å². The van der Waals surface area contributed by atoms with E-state index >= 15 is 0 Å². The Hall–Kier alpha value is -3.50. The van der Waals surface area contributed by atoms with Gasteiger partial charge in [-0.05, 0) is 107 Å². The predicted octanol–water partition coefficient (Wildman–Crippen LogP) is 6.28. The van der Waals surface area contributed by atoms with Crippen LogP contribution >= 0.6 is 0 Å². The van der Waals surface area contributed by atoms with Gasteiger partial charge in [-0.15, -0.1) is 0 Å². The lowest BCUT2D eigenvalue weighted by molar-refractivity contribution is 0.0275. The molecule has 0 radical (unpaired) electrons. The van der Waals surface area contributed by atoms with Crippen molar-refractivity contribution in [3.63, 3.8) is 0 Å². The molecule has 2 fully saturated rings. The highest BCUT2D eigenvalue weighted by molar-refractivity contribution is 5.68. The van der Waals surface area contributed by atoms with Crippen LogP contribution in [0.15, 0.2) is 42.5 Å². The summed E-state index contributed by atoms with van der Waals surface area (Å²) in [6, 6.07) is 3.91. The number of carbonyl (C=O) groups is 2. The number of aromatic nitrogens is 2. The van der Waals surface area contributed by atoms with Gasteiger partial charge in [0.1, 0.15) is 11.2 Å². The third-order valence-corrected chi connectivity index (χ3v) is 6.92. The average molecular weight is 611 g/mol. The largest absolute Gasteiger partial charge is 0.444 e. The lowest BCUT2D eigenvalue weighted by atomic mass is 9.96. The maximum Gasteiger partial charge on any atom is 0.410 e. The minimum atomic E-state index is -0.490. The Morgan fingerprint density at radius 3 is 2.00 bits per heavy atom. The molecule has 1 unspecified atom stereocenters. The van der Waals surface area contributed by atoms with Gasteiger partial charge in [-0.2, -0.15) is 0 Å². The number of nitrogens with zero attached hydrogens (tertiary/aromatic N) is 4. The smallest absolute Gasteiger partial charge is 0.410 e. The minimum Gasteiger partial charge on any atom is -0.444 e. The Bertz CT molecular complexity index is 1250. The third kappa shape index (κ3) is 12.2. The molecule has 2 aliphatic rings. The molecule has 2 aromatic rings. The second-order valence-corrected chi connectivity index (χ2v) is 13.4. The lowest BCUT2D eigenvalue weighted by Crippen LogP contribution is -2.34. The molecule has 2 saturated heterocycles.